The summed E-state index contributed by atoms with van der Waals surface area (Å²) < 4.78 is 4.21. The number of ether oxygens (including phenoxy) is 1. The molecule has 0 bridgehead atoms. The molecule has 1 unspecified atom stereocenters. The summed E-state index contributed by atoms with van der Waals surface area (Å²) in [7, 11) is 1.19. The largest absolute Gasteiger partial charge is 0.549 e. The molecule has 0 saturated carbocycles. The van der Waals surface area contributed by atoms with Crippen LogP contribution in [0.5, 0.6) is 0 Å². The molecule has 1 atom stereocenters. The van der Waals surface area contributed by atoms with E-state index in [0.717, 1.165) is 0 Å². The molecule has 0 rings (SSSR count). The highest BCUT2D eigenvalue weighted by molar-refractivity contribution is 9.10. The SMILES string of the molecule is COC(=O)CC(Br)C(=O)[O-]. The Morgan fingerprint density at radius 1 is 1.70 bits per heavy atom. The van der Waals surface area contributed by atoms with E-state index in [2.05, 4.69) is 20.7 Å². The molecule has 0 aliphatic heterocycles. The second-order valence-electron chi connectivity index (χ2n) is 1.57. The first-order valence-electron chi connectivity index (χ1n) is 2.49. The lowest BCUT2D eigenvalue weighted by Crippen LogP contribution is -2.33. The van der Waals surface area contributed by atoms with Crippen LogP contribution in [0.3, 0.4) is 0 Å². The lowest BCUT2D eigenvalue weighted by Gasteiger charge is -2.07. The third kappa shape index (κ3) is 3.45. The summed E-state index contributed by atoms with van der Waals surface area (Å²) in [6.45, 7) is 0. The number of carboxylic acid groups (broad SMARTS) is 1. The molecule has 0 N–H and O–H groups in total. The van der Waals surface area contributed by atoms with Gasteiger partial charge in [-0.05, 0) is 0 Å². The molecule has 0 aromatic rings. The number of esters is 1. The Labute approximate surface area is 66.3 Å². The molecular weight excluding hydrogens is 204 g/mol. The van der Waals surface area contributed by atoms with Gasteiger partial charge in [0.05, 0.1) is 24.3 Å². The highest BCUT2D eigenvalue weighted by Gasteiger charge is 2.10. The van der Waals surface area contributed by atoms with Gasteiger partial charge in [-0.2, -0.15) is 0 Å². The molecule has 10 heavy (non-hydrogen) atoms. The van der Waals surface area contributed by atoms with Crippen molar-refractivity contribution in [2.75, 3.05) is 7.11 Å². The Balaban J connectivity index is 3.68. The van der Waals surface area contributed by atoms with Crippen LogP contribution in [-0.2, 0) is 14.3 Å². The zero-order valence-corrected chi connectivity index (χ0v) is 6.88. The van der Waals surface area contributed by atoms with Crippen LogP contribution in [0.1, 0.15) is 6.42 Å². The fraction of sp³-hybridized carbons (Fsp3) is 0.600. The minimum Gasteiger partial charge on any atom is -0.549 e. The first-order valence-corrected chi connectivity index (χ1v) is 3.41. The van der Waals surface area contributed by atoms with Crippen molar-refractivity contribution in [3.8, 4) is 0 Å². The van der Waals surface area contributed by atoms with Crippen LogP contribution < -0.4 is 5.11 Å². The van der Waals surface area contributed by atoms with E-state index >= 15 is 0 Å². The predicted octanol–water partition coefficient (Wildman–Crippen LogP) is -0.937. The lowest BCUT2D eigenvalue weighted by atomic mass is 10.3. The maximum atomic E-state index is 10.4. The third-order valence-electron chi connectivity index (χ3n) is 0.829. The summed E-state index contributed by atoms with van der Waals surface area (Å²) in [6.07, 6.45) is -0.209. The van der Waals surface area contributed by atoms with Gasteiger partial charge in [0.15, 0.2) is 0 Å². The first-order chi connectivity index (χ1) is 4.57. The molecule has 5 heteroatoms. The van der Waals surface area contributed by atoms with Crippen LogP contribution >= 0.6 is 15.9 Å². The zero-order chi connectivity index (χ0) is 8.15. The molecule has 0 spiro atoms. The summed E-state index contributed by atoms with van der Waals surface area (Å²) >= 11 is 2.72. The molecule has 4 nitrogen and oxygen atoms in total. The molecule has 0 aromatic carbocycles. The number of halogens is 1. The third-order valence-corrected chi connectivity index (χ3v) is 1.53. The van der Waals surface area contributed by atoms with Crippen LogP contribution in [-0.4, -0.2) is 23.9 Å². The van der Waals surface area contributed by atoms with Crippen LogP contribution in [0.15, 0.2) is 0 Å². The molecular formula is C5H6BrO4-. The summed E-state index contributed by atoms with van der Waals surface area (Å²) in [4.78, 5) is 19.4. The maximum absolute atomic E-state index is 10.4. The number of hydrogen-bond donors (Lipinski definition) is 0. The molecule has 0 aliphatic carbocycles. The summed E-state index contributed by atoms with van der Waals surface area (Å²) in [5.41, 5.74) is 0. The number of carbonyl (C=O) groups excluding carboxylic acids is 2. The fourth-order valence-corrected chi connectivity index (χ4v) is 0.577. The molecule has 0 saturated heterocycles. The number of aliphatic carboxylic acids is 1. The van der Waals surface area contributed by atoms with Crippen LogP contribution in [0.4, 0.5) is 0 Å². The lowest BCUT2D eigenvalue weighted by molar-refractivity contribution is -0.304. The topological polar surface area (TPSA) is 66.4 Å². The maximum Gasteiger partial charge on any atom is 0.307 e. The monoisotopic (exact) mass is 209 g/mol. The van der Waals surface area contributed by atoms with Crippen molar-refractivity contribution in [1.82, 2.24) is 0 Å². The van der Waals surface area contributed by atoms with Gasteiger partial charge in [-0.25, -0.2) is 0 Å². The second-order valence-corrected chi connectivity index (χ2v) is 2.67. The van der Waals surface area contributed by atoms with E-state index < -0.39 is 16.8 Å². The van der Waals surface area contributed by atoms with E-state index in [-0.39, 0.29) is 6.42 Å². The fourth-order valence-electron chi connectivity index (χ4n) is 0.313. The Kier molecular flexibility index (Phi) is 4.02. The minimum absolute atomic E-state index is 0.209. The van der Waals surface area contributed by atoms with E-state index in [1.807, 2.05) is 0 Å². The minimum atomic E-state index is -1.31. The van der Waals surface area contributed by atoms with E-state index in [0.29, 0.717) is 0 Å². The average Bonchev–Trinajstić information content (AvgIpc) is 1.87. The van der Waals surface area contributed by atoms with Gasteiger partial charge in [-0.1, -0.05) is 15.9 Å². The number of methoxy groups -OCH3 is 1. The molecule has 0 amide bonds. The van der Waals surface area contributed by atoms with Gasteiger partial charge in [-0.3, -0.25) is 4.79 Å². The van der Waals surface area contributed by atoms with Crippen molar-refractivity contribution in [3.05, 3.63) is 0 Å². The molecule has 0 aromatic heterocycles. The van der Waals surface area contributed by atoms with Crippen molar-refractivity contribution in [2.24, 2.45) is 0 Å². The first kappa shape index (κ1) is 9.42. The summed E-state index contributed by atoms with van der Waals surface area (Å²) in [6, 6.07) is 0. The number of alkyl halides is 1. The Bertz CT molecular complexity index is 145. The molecule has 0 fully saturated rings. The highest BCUT2D eigenvalue weighted by Crippen LogP contribution is 2.03. The predicted molar refractivity (Wildman–Crippen MR) is 34.4 cm³/mol. The molecule has 0 heterocycles. The number of hydrogen-bond acceptors (Lipinski definition) is 4. The van der Waals surface area contributed by atoms with E-state index in [4.69, 9.17) is 0 Å². The molecule has 58 valence electrons. The van der Waals surface area contributed by atoms with Crippen molar-refractivity contribution < 1.29 is 19.4 Å². The zero-order valence-electron chi connectivity index (χ0n) is 5.30. The average molecular weight is 210 g/mol. The van der Waals surface area contributed by atoms with Gasteiger partial charge < -0.3 is 14.6 Å². The van der Waals surface area contributed by atoms with Gasteiger partial charge in [0.25, 0.3) is 0 Å². The van der Waals surface area contributed by atoms with Crippen molar-refractivity contribution in [3.63, 3.8) is 0 Å². The van der Waals surface area contributed by atoms with Crippen molar-refractivity contribution >= 4 is 27.9 Å². The van der Waals surface area contributed by atoms with Crippen LogP contribution in [0.25, 0.3) is 0 Å². The summed E-state index contributed by atoms with van der Waals surface area (Å²) in [5, 5.41) is 9.98. The Morgan fingerprint density at radius 2 is 2.20 bits per heavy atom. The molecule has 0 aliphatic rings. The van der Waals surface area contributed by atoms with Crippen molar-refractivity contribution in [2.45, 2.75) is 11.2 Å². The van der Waals surface area contributed by atoms with Gasteiger partial charge in [-0.15, -0.1) is 0 Å². The van der Waals surface area contributed by atoms with Crippen LogP contribution in [0, 0.1) is 0 Å². The number of carbonyl (C=O) groups is 2. The normalized spacial score (nSPS) is 12.2. The van der Waals surface area contributed by atoms with Gasteiger partial charge in [0.2, 0.25) is 0 Å². The van der Waals surface area contributed by atoms with Crippen LogP contribution in [0.2, 0.25) is 0 Å². The number of rotatable bonds is 3. The highest BCUT2D eigenvalue weighted by atomic mass is 79.9. The Hall–Kier alpha value is -0.580. The Morgan fingerprint density at radius 3 is 2.50 bits per heavy atom. The van der Waals surface area contributed by atoms with E-state index in [9.17, 15) is 14.7 Å². The van der Waals surface area contributed by atoms with Gasteiger partial charge in [0.1, 0.15) is 0 Å². The quantitative estimate of drug-likeness (QED) is 0.445. The van der Waals surface area contributed by atoms with Gasteiger partial charge in [0, 0.05) is 0 Å². The van der Waals surface area contributed by atoms with Crippen molar-refractivity contribution in [1.29, 1.82) is 0 Å². The number of carboxylic acids is 1. The van der Waals surface area contributed by atoms with E-state index in [1.165, 1.54) is 7.11 Å². The van der Waals surface area contributed by atoms with E-state index in [1.54, 1.807) is 0 Å². The summed E-state index contributed by atoms with van der Waals surface area (Å²) in [5.74, 6) is -1.89. The van der Waals surface area contributed by atoms with Gasteiger partial charge >= 0.3 is 5.97 Å². The second kappa shape index (κ2) is 4.27. The standard InChI is InChI=1S/C5H7BrO4/c1-10-4(7)2-3(6)5(8)9/h3H,2H2,1H3,(H,8,9)/p-1. The smallest absolute Gasteiger partial charge is 0.307 e. The molecule has 0 radical (unpaired) electrons.